The SMILES string of the molecule is O=Cc1ccc(-c2csc(Br)c2)cc1. The first-order valence-electron chi connectivity index (χ1n) is 4.09. The number of benzene rings is 1. The normalized spacial score (nSPS) is 10.1. The van der Waals surface area contributed by atoms with Crippen LogP contribution in [0.15, 0.2) is 39.5 Å². The van der Waals surface area contributed by atoms with E-state index in [0.29, 0.717) is 5.56 Å². The van der Waals surface area contributed by atoms with E-state index in [1.807, 2.05) is 24.3 Å². The molecule has 0 saturated carbocycles. The number of hydrogen-bond acceptors (Lipinski definition) is 2. The zero-order valence-electron chi connectivity index (χ0n) is 7.24. The molecule has 2 rings (SSSR count). The van der Waals surface area contributed by atoms with E-state index in [-0.39, 0.29) is 0 Å². The predicted octanol–water partition coefficient (Wildman–Crippen LogP) is 3.99. The summed E-state index contributed by atoms with van der Waals surface area (Å²) in [5, 5.41) is 2.08. The third kappa shape index (κ3) is 1.94. The van der Waals surface area contributed by atoms with Crippen molar-refractivity contribution in [2.24, 2.45) is 0 Å². The average Bonchev–Trinajstić information content (AvgIpc) is 2.65. The Bertz CT molecular complexity index is 445. The molecule has 0 aliphatic rings. The molecular weight excluding hydrogens is 260 g/mol. The predicted molar refractivity (Wildman–Crippen MR) is 62.8 cm³/mol. The molecule has 1 heterocycles. The molecule has 0 aliphatic carbocycles. The molecule has 1 aromatic heterocycles. The summed E-state index contributed by atoms with van der Waals surface area (Å²) < 4.78 is 1.12. The monoisotopic (exact) mass is 266 g/mol. The Morgan fingerprint density at radius 3 is 2.36 bits per heavy atom. The Balaban J connectivity index is 2.38. The van der Waals surface area contributed by atoms with Crippen LogP contribution < -0.4 is 0 Å². The molecule has 0 radical (unpaired) electrons. The van der Waals surface area contributed by atoms with Gasteiger partial charge in [0.05, 0.1) is 3.79 Å². The highest BCUT2D eigenvalue weighted by atomic mass is 79.9. The van der Waals surface area contributed by atoms with Crippen molar-refractivity contribution in [1.82, 2.24) is 0 Å². The number of carbonyl (C=O) groups excluding carboxylic acids is 1. The largest absolute Gasteiger partial charge is 0.298 e. The summed E-state index contributed by atoms with van der Waals surface area (Å²) in [5.41, 5.74) is 3.03. The summed E-state index contributed by atoms with van der Waals surface area (Å²) >= 11 is 5.08. The van der Waals surface area contributed by atoms with Crippen molar-refractivity contribution in [2.45, 2.75) is 0 Å². The number of carbonyl (C=O) groups is 1. The Hall–Kier alpha value is -0.930. The van der Waals surface area contributed by atoms with Crippen molar-refractivity contribution < 1.29 is 4.79 Å². The van der Waals surface area contributed by atoms with E-state index in [1.165, 1.54) is 5.56 Å². The van der Waals surface area contributed by atoms with Crippen molar-refractivity contribution in [3.05, 3.63) is 45.1 Å². The van der Waals surface area contributed by atoms with Gasteiger partial charge in [-0.05, 0) is 38.5 Å². The van der Waals surface area contributed by atoms with E-state index < -0.39 is 0 Å². The lowest BCUT2D eigenvalue weighted by Crippen LogP contribution is -1.78. The van der Waals surface area contributed by atoms with Gasteiger partial charge < -0.3 is 0 Å². The van der Waals surface area contributed by atoms with E-state index in [9.17, 15) is 4.79 Å². The van der Waals surface area contributed by atoms with Gasteiger partial charge in [0.1, 0.15) is 6.29 Å². The zero-order chi connectivity index (χ0) is 9.97. The molecule has 2 aromatic rings. The van der Waals surface area contributed by atoms with Gasteiger partial charge >= 0.3 is 0 Å². The lowest BCUT2D eigenvalue weighted by Gasteiger charge is -1.96. The maximum atomic E-state index is 10.5. The molecule has 0 fully saturated rings. The number of aldehydes is 1. The number of halogens is 1. The second-order valence-electron chi connectivity index (χ2n) is 2.88. The second kappa shape index (κ2) is 4.07. The first-order valence-corrected chi connectivity index (χ1v) is 5.76. The Morgan fingerprint density at radius 2 is 1.86 bits per heavy atom. The Labute approximate surface area is 94.5 Å². The van der Waals surface area contributed by atoms with Gasteiger partial charge in [-0.2, -0.15) is 0 Å². The van der Waals surface area contributed by atoms with Gasteiger partial charge in [-0.25, -0.2) is 0 Å². The van der Waals surface area contributed by atoms with Gasteiger partial charge in [-0.15, -0.1) is 11.3 Å². The van der Waals surface area contributed by atoms with Crippen molar-refractivity contribution in [3.63, 3.8) is 0 Å². The van der Waals surface area contributed by atoms with Gasteiger partial charge in [0.15, 0.2) is 0 Å². The first-order chi connectivity index (χ1) is 6.79. The van der Waals surface area contributed by atoms with Crippen LogP contribution in [0.2, 0.25) is 0 Å². The van der Waals surface area contributed by atoms with E-state index in [0.717, 1.165) is 15.6 Å². The van der Waals surface area contributed by atoms with E-state index in [1.54, 1.807) is 11.3 Å². The smallest absolute Gasteiger partial charge is 0.150 e. The molecular formula is C11H7BrOS. The highest BCUT2D eigenvalue weighted by molar-refractivity contribution is 9.11. The van der Waals surface area contributed by atoms with Crippen LogP contribution in [0.1, 0.15) is 10.4 Å². The van der Waals surface area contributed by atoms with Crippen LogP contribution in [0, 0.1) is 0 Å². The standard InChI is InChI=1S/C11H7BrOS/c12-11-5-10(7-14-11)9-3-1-8(6-13)2-4-9/h1-7H. The molecule has 70 valence electrons. The van der Waals surface area contributed by atoms with Crippen molar-refractivity contribution in [2.75, 3.05) is 0 Å². The van der Waals surface area contributed by atoms with Crippen LogP contribution >= 0.6 is 27.3 Å². The van der Waals surface area contributed by atoms with Crippen LogP contribution in [0.5, 0.6) is 0 Å². The summed E-state index contributed by atoms with van der Waals surface area (Å²) in [6, 6.07) is 9.64. The van der Waals surface area contributed by atoms with E-state index in [2.05, 4.69) is 27.4 Å². The number of thiophene rings is 1. The Morgan fingerprint density at radius 1 is 1.14 bits per heavy atom. The van der Waals surface area contributed by atoms with Crippen LogP contribution in [-0.2, 0) is 0 Å². The summed E-state index contributed by atoms with van der Waals surface area (Å²) in [6.07, 6.45) is 0.854. The van der Waals surface area contributed by atoms with Gasteiger partial charge in [0, 0.05) is 5.56 Å². The lowest BCUT2D eigenvalue weighted by atomic mass is 10.1. The third-order valence-electron chi connectivity index (χ3n) is 1.95. The molecule has 0 saturated heterocycles. The van der Waals surface area contributed by atoms with Gasteiger partial charge in [0.2, 0.25) is 0 Å². The molecule has 1 nitrogen and oxygen atoms in total. The lowest BCUT2D eigenvalue weighted by molar-refractivity contribution is 0.112. The maximum absolute atomic E-state index is 10.5. The fourth-order valence-electron chi connectivity index (χ4n) is 1.22. The van der Waals surface area contributed by atoms with Crippen molar-refractivity contribution >= 4 is 33.6 Å². The minimum Gasteiger partial charge on any atom is -0.298 e. The maximum Gasteiger partial charge on any atom is 0.150 e. The molecule has 0 atom stereocenters. The molecule has 0 aliphatic heterocycles. The fraction of sp³-hybridized carbons (Fsp3) is 0. The van der Waals surface area contributed by atoms with Gasteiger partial charge in [-0.3, -0.25) is 4.79 Å². The average molecular weight is 267 g/mol. The van der Waals surface area contributed by atoms with E-state index in [4.69, 9.17) is 0 Å². The molecule has 0 bridgehead atoms. The molecule has 14 heavy (non-hydrogen) atoms. The quantitative estimate of drug-likeness (QED) is 0.752. The molecule has 0 unspecified atom stereocenters. The fourth-order valence-corrected chi connectivity index (χ4v) is 2.38. The van der Waals surface area contributed by atoms with Crippen LogP contribution in [-0.4, -0.2) is 6.29 Å². The van der Waals surface area contributed by atoms with Crippen molar-refractivity contribution in [1.29, 1.82) is 0 Å². The minimum absolute atomic E-state index is 0.711. The first kappa shape index (κ1) is 9.62. The van der Waals surface area contributed by atoms with Crippen LogP contribution in [0.3, 0.4) is 0 Å². The van der Waals surface area contributed by atoms with Gasteiger partial charge in [-0.1, -0.05) is 24.3 Å². The number of hydrogen-bond donors (Lipinski definition) is 0. The van der Waals surface area contributed by atoms with E-state index >= 15 is 0 Å². The van der Waals surface area contributed by atoms with Gasteiger partial charge in [0.25, 0.3) is 0 Å². The third-order valence-corrected chi connectivity index (χ3v) is 3.45. The second-order valence-corrected chi connectivity index (χ2v) is 5.17. The highest BCUT2D eigenvalue weighted by Gasteiger charge is 2.00. The molecule has 1 aromatic carbocycles. The molecule has 3 heteroatoms. The minimum atomic E-state index is 0.711. The summed E-state index contributed by atoms with van der Waals surface area (Å²) in [4.78, 5) is 10.5. The summed E-state index contributed by atoms with van der Waals surface area (Å²) in [5.74, 6) is 0. The summed E-state index contributed by atoms with van der Waals surface area (Å²) in [6.45, 7) is 0. The molecule has 0 spiro atoms. The van der Waals surface area contributed by atoms with Crippen LogP contribution in [0.4, 0.5) is 0 Å². The highest BCUT2D eigenvalue weighted by Crippen LogP contribution is 2.28. The van der Waals surface area contributed by atoms with Crippen LogP contribution in [0.25, 0.3) is 11.1 Å². The number of rotatable bonds is 2. The molecule has 0 amide bonds. The summed E-state index contributed by atoms with van der Waals surface area (Å²) in [7, 11) is 0. The Kier molecular flexibility index (Phi) is 2.79. The molecule has 0 N–H and O–H groups in total. The van der Waals surface area contributed by atoms with Crippen molar-refractivity contribution in [3.8, 4) is 11.1 Å². The zero-order valence-corrected chi connectivity index (χ0v) is 9.64. The topological polar surface area (TPSA) is 17.1 Å².